The Kier molecular flexibility index (Phi) is 1.85. The first kappa shape index (κ1) is 8.75. The molecule has 0 saturated carbocycles. The van der Waals surface area contributed by atoms with Gasteiger partial charge in [-0.2, -0.15) is 0 Å². The van der Waals surface area contributed by atoms with Crippen LogP contribution in [0.5, 0.6) is 0 Å². The van der Waals surface area contributed by atoms with E-state index in [0.29, 0.717) is 0 Å². The largest absolute Gasteiger partial charge is 0.392 e. The van der Waals surface area contributed by atoms with Crippen molar-refractivity contribution in [2.45, 2.75) is 38.8 Å². The Morgan fingerprint density at radius 2 is 1.91 bits per heavy atom. The van der Waals surface area contributed by atoms with E-state index in [1.165, 1.54) is 0 Å². The average molecular weight is 155 g/mol. The van der Waals surface area contributed by atoms with Crippen molar-refractivity contribution in [3.63, 3.8) is 0 Å². The van der Waals surface area contributed by atoms with Gasteiger partial charge in [0.1, 0.15) is 0 Å². The summed E-state index contributed by atoms with van der Waals surface area (Å²) in [5.74, 6) is 0. The first-order chi connectivity index (χ1) is 4.87. The van der Waals surface area contributed by atoms with Crippen LogP contribution in [0.25, 0.3) is 0 Å². The highest BCUT2D eigenvalue weighted by Crippen LogP contribution is 2.28. The van der Waals surface area contributed by atoms with Gasteiger partial charge in [0, 0.05) is 11.1 Å². The standard InChI is InChI=1S/C9H17NO/c1-8(2)5-7(6-11)9(3,4)10-8/h5,10-11H,6H2,1-4H3. The summed E-state index contributed by atoms with van der Waals surface area (Å²) in [6, 6.07) is 0. The third-order valence-corrected chi connectivity index (χ3v) is 2.14. The highest BCUT2D eigenvalue weighted by atomic mass is 16.3. The van der Waals surface area contributed by atoms with E-state index < -0.39 is 0 Å². The maximum Gasteiger partial charge on any atom is 0.0660 e. The van der Waals surface area contributed by atoms with Crippen molar-refractivity contribution in [1.82, 2.24) is 5.32 Å². The highest BCUT2D eigenvalue weighted by Gasteiger charge is 2.35. The lowest BCUT2D eigenvalue weighted by Gasteiger charge is -2.27. The molecule has 2 N–H and O–H groups in total. The maximum absolute atomic E-state index is 9.03. The molecule has 0 saturated heterocycles. The molecule has 0 radical (unpaired) electrons. The van der Waals surface area contributed by atoms with Crippen LogP contribution >= 0.6 is 0 Å². The monoisotopic (exact) mass is 155 g/mol. The van der Waals surface area contributed by atoms with Crippen molar-refractivity contribution >= 4 is 0 Å². The number of aliphatic hydroxyl groups excluding tert-OH is 1. The Labute approximate surface area is 68.3 Å². The van der Waals surface area contributed by atoms with Crippen molar-refractivity contribution in [3.05, 3.63) is 11.6 Å². The second-order valence-electron chi connectivity index (χ2n) is 4.30. The minimum absolute atomic E-state index is 0.0293. The summed E-state index contributed by atoms with van der Waals surface area (Å²) in [7, 11) is 0. The fraction of sp³-hybridized carbons (Fsp3) is 0.778. The average Bonchev–Trinajstić information content (AvgIpc) is 1.99. The molecule has 0 bridgehead atoms. The predicted molar refractivity (Wildman–Crippen MR) is 46.5 cm³/mol. The minimum Gasteiger partial charge on any atom is -0.392 e. The first-order valence-corrected chi connectivity index (χ1v) is 4.00. The molecule has 1 rings (SSSR count). The van der Waals surface area contributed by atoms with Gasteiger partial charge in [-0.05, 0) is 33.3 Å². The van der Waals surface area contributed by atoms with E-state index in [0.717, 1.165) is 5.57 Å². The van der Waals surface area contributed by atoms with Crippen LogP contribution in [0.15, 0.2) is 11.6 Å². The summed E-state index contributed by atoms with van der Waals surface area (Å²) in [6.45, 7) is 8.55. The van der Waals surface area contributed by atoms with Crippen molar-refractivity contribution in [1.29, 1.82) is 0 Å². The van der Waals surface area contributed by atoms with Crippen molar-refractivity contribution in [2.75, 3.05) is 6.61 Å². The van der Waals surface area contributed by atoms with Crippen LogP contribution in [-0.2, 0) is 0 Å². The fourth-order valence-electron chi connectivity index (χ4n) is 1.78. The molecule has 2 heteroatoms. The number of hydrogen-bond acceptors (Lipinski definition) is 2. The zero-order valence-electron chi connectivity index (χ0n) is 7.73. The molecule has 0 aromatic rings. The van der Waals surface area contributed by atoms with Gasteiger partial charge < -0.3 is 5.11 Å². The minimum atomic E-state index is -0.0434. The van der Waals surface area contributed by atoms with Crippen LogP contribution in [0.2, 0.25) is 0 Å². The third-order valence-electron chi connectivity index (χ3n) is 2.14. The summed E-state index contributed by atoms with van der Waals surface area (Å²) in [5.41, 5.74) is 1.07. The second-order valence-corrected chi connectivity index (χ2v) is 4.30. The van der Waals surface area contributed by atoms with Crippen LogP contribution in [0.1, 0.15) is 27.7 Å². The van der Waals surface area contributed by atoms with E-state index in [4.69, 9.17) is 5.11 Å². The lowest BCUT2D eigenvalue weighted by Crippen LogP contribution is -2.46. The Balaban J connectivity index is 2.89. The Morgan fingerprint density at radius 1 is 1.36 bits per heavy atom. The number of aliphatic hydroxyl groups is 1. The van der Waals surface area contributed by atoms with Gasteiger partial charge >= 0.3 is 0 Å². The first-order valence-electron chi connectivity index (χ1n) is 4.00. The third kappa shape index (κ3) is 1.63. The topological polar surface area (TPSA) is 32.3 Å². The molecule has 11 heavy (non-hydrogen) atoms. The molecule has 0 spiro atoms. The van der Waals surface area contributed by atoms with Crippen molar-refractivity contribution < 1.29 is 5.11 Å². The van der Waals surface area contributed by atoms with Gasteiger partial charge in [0.25, 0.3) is 0 Å². The smallest absolute Gasteiger partial charge is 0.0660 e. The van der Waals surface area contributed by atoms with Crippen molar-refractivity contribution in [3.8, 4) is 0 Å². The number of rotatable bonds is 1. The van der Waals surface area contributed by atoms with Gasteiger partial charge in [-0.15, -0.1) is 0 Å². The van der Waals surface area contributed by atoms with E-state index in [1.807, 2.05) is 0 Å². The lowest BCUT2D eigenvalue weighted by molar-refractivity contribution is 0.298. The number of nitrogens with one attached hydrogen (secondary N) is 1. The van der Waals surface area contributed by atoms with Crippen LogP contribution < -0.4 is 5.32 Å². The second kappa shape index (κ2) is 2.32. The molecule has 0 unspecified atom stereocenters. The molecule has 1 aliphatic rings. The molecular weight excluding hydrogens is 138 g/mol. The maximum atomic E-state index is 9.03. The van der Waals surface area contributed by atoms with Gasteiger partial charge in [-0.3, -0.25) is 5.32 Å². The van der Waals surface area contributed by atoms with Gasteiger partial charge in [0.2, 0.25) is 0 Å². The van der Waals surface area contributed by atoms with Gasteiger partial charge in [-0.25, -0.2) is 0 Å². The summed E-state index contributed by atoms with van der Waals surface area (Å²) < 4.78 is 0. The molecule has 1 heterocycles. The van der Waals surface area contributed by atoms with Gasteiger partial charge in [0.15, 0.2) is 0 Å². The molecule has 0 amide bonds. The molecule has 0 aromatic carbocycles. The van der Waals surface area contributed by atoms with E-state index in [1.54, 1.807) is 0 Å². The molecule has 2 nitrogen and oxygen atoms in total. The van der Waals surface area contributed by atoms with E-state index in [-0.39, 0.29) is 17.7 Å². The highest BCUT2D eigenvalue weighted by molar-refractivity contribution is 5.30. The quantitative estimate of drug-likeness (QED) is 0.555. The van der Waals surface area contributed by atoms with Crippen LogP contribution in [0, 0.1) is 0 Å². The Hall–Kier alpha value is -0.340. The molecule has 0 aromatic heterocycles. The molecule has 1 aliphatic heterocycles. The fourth-order valence-corrected chi connectivity index (χ4v) is 1.78. The molecule has 64 valence electrons. The summed E-state index contributed by atoms with van der Waals surface area (Å²) in [4.78, 5) is 0. The molecule has 0 aliphatic carbocycles. The molecule has 0 atom stereocenters. The normalized spacial score (nSPS) is 26.8. The van der Waals surface area contributed by atoms with Gasteiger partial charge in [-0.1, -0.05) is 6.08 Å². The molecular formula is C9H17NO. The summed E-state index contributed by atoms with van der Waals surface area (Å²) in [6.07, 6.45) is 2.10. The number of hydrogen-bond donors (Lipinski definition) is 2. The predicted octanol–water partition coefficient (Wildman–Crippen LogP) is 1.07. The summed E-state index contributed by atoms with van der Waals surface area (Å²) >= 11 is 0. The van der Waals surface area contributed by atoms with Crippen LogP contribution in [0.4, 0.5) is 0 Å². The SMILES string of the molecule is CC1(C)C=C(CO)C(C)(C)N1. The van der Waals surface area contributed by atoms with Gasteiger partial charge in [0.05, 0.1) is 6.61 Å². The van der Waals surface area contributed by atoms with E-state index >= 15 is 0 Å². The molecule has 0 fully saturated rings. The van der Waals surface area contributed by atoms with Crippen LogP contribution in [0.3, 0.4) is 0 Å². The summed E-state index contributed by atoms with van der Waals surface area (Å²) in [5, 5.41) is 12.4. The van der Waals surface area contributed by atoms with Crippen LogP contribution in [-0.4, -0.2) is 22.8 Å². The Bertz CT molecular complexity index is 192. The zero-order valence-corrected chi connectivity index (χ0v) is 7.73. The van der Waals surface area contributed by atoms with E-state index in [2.05, 4.69) is 39.1 Å². The van der Waals surface area contributed by atoms with Crippen molar-refractivity contribution in [2.24, 2.45) is 0 Å². The zero-order chi connectivity index (χ0) is 8.70. The van der Waals surface area contributed by atoms with E-state index in [9.17, 15) is 0 Å². The Morgan fingerprint density at radius 3 is 2.09 bits per heavy atom. The lowest BCUT2D eigenvalue weighted by atomic mass is 9.98.